The summed E-state index contributed by atoms with van der Waals surface area (Å²) < 4.78 is 4.94. The Kier molecular flexibility index (Phi) is 5.93. The van der Waals surface area contributed by atoms with E-state index >= 15 is 0 Å². The lowest BCUT2D eigenvalue weighted by Crippen LogP contribution is -2.14. The van der Waals surface area contributed by atoms with E-state index in [2.05, 4.69) is 25.5 Å². The third-order valence-electron chi connectivity index (χ3n) is 3.74. The summed E-state index contributed by atoms with van der Waals surface area (Å²) in [6.45, 7) is 3.42. The first-order valence-corrected chi connectivity index (χ1v) is 8.73. The summed E-state index contributed by atoms with van der Waals surface area (Å²) in [6, 6.07) is 11.0. The van der Waals surface area contributed by atoms with Crippen LogP contribution in [-0.2, 0) is 4.74 Å². The molecule has 0 amide bonds. The van der Waals surface area contributed by atoms with Gasteiger partial charge < -0.3 is 10.1 Å². The number of aromatic nitrogens is 4. The quantitative estimate of drug-likeness (QED) is 0.353. The van der Waals surface area contributed by atoms with Crippen LogP contribution in [0.25, 0.3) is 12.2 Å². The Balaban J connectivity index is 2.09. The van der Waals surface area contributed by atoms with Crippen LogP contribution in [0, 0.1) is 17.0 Å². The normalized spacial score (nSPS) is 10.8. The highest BCUT2D eigenvalue weighted by Gasteiger charge is 2.30. The lowest BCUT2D eigenvalue weighted by Gasteiger charge is -2.08. The Hall–Kier alpha value is -4.08. The third kappa shape index (κ3) is 4.80. The summed E-state index contributed by atoms with van der Waals surface area (Å²) in [5.41, 5.74) is 0.552. The fraction of sp³-hybridized carbons (Fsp3) is 0.158. The molecule has 10 nitrogen and oxygen atoms in total. The number of anilines is 2. The Morgan fingerprint density at radius 2 is 2.03 bits per heavy atom. The summed E-state index contributed by atoms with van der Waals surface area (Å²) >= 11 is 0. The van der Waals surface area contributed by atoms with Gasteiger partial charge in [0, 0.05) is 6.07 Å². The van der Waals surface area contributed by atoms with E-state index in [1.54, 1.807) is 32.1 Å². The summed E-state index contributed by atoms with van der Waals surface area (Å²) in [5, 5.41) is 21.1. The van der Waals surface area contributed by atoms with E-state index in [0.717, 1.165) is 5.56 Å². The van der Waals surface area contributed by atoms with E-state index in [9.17, 15) is 14.9 Å². The van der Waals surface area contributed by atoms with Crippen LogP contribution in [0.15, 0.2) is 36.4 Å². The number of H-pyrrole nitrogens is 1. The smallest absolute Gasteiger partial charge is 0.364 e. The maximum absolute atomic E-state index is 12.3. The van der Waals surface area contributed by atoms with Crippen molar-refractivity contribution in [3.05, 3.63) is 69.3 Å². The van der Waals surface area contributed by atoms with Crippen LogP contribution in [-0.4, -0.2) is 37.7 Å². The Morgan fingerprint density at radius 3 is 2.66 bits per heavy atom. The largest absolute Gasteiger partial charge is 0.461 e. The third-order valence-corrected chi connectivity index (χ3v) is 3.74. The van der Waals surface area contributed by atoms with E-state index in [0.29, 0.717) is 11.5 Å². The molecule has 0 bridgehead atoms. The maximum atomic E-state index is 12.3. The number of carbonyl (C=O) groups is 1. The van der Waals surface area contributed by atoms with Crippen molar-refractivity contribution in [3.8, 4) is 0 Å². The Morgan fingerprint density at radius 1 is 1.28 bits per heavy atom. The average molecular weight is 394 g/mol. The monoisotopic (exact) mass is 394 g/mol. The molecule has 3 rings (SSSR count). The van der Waals surface area contributed by atoms with Gasteiger partial charge >= 0.3 is 11.7 Å². The van der Waals surface area contributed by atoms with Crippen molar-refractivity contribution in [3.63, 3.8) is 0 Å². The number of hydrogen-bond donors (Lipinski definition) is 2. The van der Waals surface area contributed by atoms with E-state index in [1.165, 1.54) is 0 Å². The molecule has 0 aliphatic rings. The van der Waals surface area contributed by atoms with Gasteiger partial charge in [-0.25, -0.2) is 14.8 Å². The first-order valence-electron chi connectivity index (χ1n) is 8.73. The fourth-order valence-electron chi connectivity index (χ4n) is 2.50. The fourth-order valence-corrected chi connectivity index (χ4v) is 2.50. The number of hydrogen-bond acceptors (Lipinski definition) is 8. The first-order chi connectivity index (χ1) is 14.0. The number of nitrogens with one attached hydrogen (secondary N) is 2. The standard InChI is InChI=1S/C19H18N6O4/c1-3-29-19(26)16-17(25(27)28)18(22-15-11-12(2)23-24-15)21-14(20-16)10-9-13-7-5-4-6-8-13/h4-11H,3H2,1-2H3,(H2,20,21,22,23,24). The molecule has 10 heteroatoms. The predicted octanol–water partition coefficient (Wildman–Crippen LogP) is 3.51. The minimum absolute atomic E-state index is 0.0533. The molecule has 2 heterocycles. The van der Waals surface area contributed by atoms with Gasteiger partial charge in [0.2, 0.25) is 11.5 Å². The SMILES string of the molecule is CCOC(=O)c1nc(C=Cc2ccccc2)nc(Nc2cc(C)n[nH]2)c1[N+](=O)[O-]. The molecule has 0 aliphatic heterocycles. The van der Waals surface area contributed by atoms with Crippen molar-refractivity contribution in [2.45, 2.75) is 13.8 Å². The van der Waals surface area contributed by atoms with Crippen molar-refractivity contribution in [2.75, 3.05) is 11.9 Å². The Bertz CT molecular complexity index is 1060. The van der Waals surface area contributed by atoms with Crippen LogP contribution in [0.3, 0.4) is 0 Å². The second-order valence-corrected chi connectivity index (χ2v) is 5.90. The molecule has 0 unspecified atom stereocenters. The second kappa shape index (κ2) is 8.74. The topological polar surface area (TPSA) is 136 Å². The Labute approximate surface area is 165 Å². The van der Waals surface area contributed by atoms with E-state index in [-0.39, 0.29) is 18.2 Å². The molecule has 1 aromatic carbocycles. The van der Waals surface area contributed by atoms with E-state index in [1.807, 2.05) is 30.3 Å². The van der Waals surface area contributed by atoms with Crippen LogP contribution >= 0.6 is 0 Å². The van der Waals surface area contributed by atoms with Crippen molar-refractivity contribution >= 4 is 35.4 Å². The van der Waals surface area contributed by atoms with Gasteiger partial charge in [0.05, 0.1) is 17.2 Å². The molecule has 0 aliphatic carbocycles. The number of carbonyl (C=O) groups excluding carboxylic acids is 1. The molecule has 2 aromatic heterocycles. The van der Waals surface area contributed by atoms with Gasteiger partial charge in [-0.1, -0.05) is 36.4 Å². The molecule has 148 valence electrons. The molecule has 0 atom stereocenters. The minimum atomic E-state index is -0.903. The first kappa shape index (κ1) is 19.7. The predicted molar refractivity (Wildman–Crippen MR) is 107 cm³/mol. The highest BCUT2D eigenvalue weighted by atomic mass is 16.6. The number of aryl methyl sites for hydroxylation is 1. The van der Waals surface area contributed by atoms with Gasteiger partial charge in [-0.3, -0.25) is 15.2 Å². The molecular formula is C19H18N6O4. The van der Waals surface area contributed by atoms with Crippen molar-refractivity contribution in [1.82, 2.24) is 20.2 Å². The van der Waals surface area contributed by atoms with Gasteiger partial charge in [0.25, 0.3) is 0 Å². The van der Waals surface area contributed by atoms with Gasteiger partial charge in [-0.15, -0.1) is 0 Å². The van der Waals surface area contributed by atoms with Crippen LogP contribution in [0.4, 0.5) is 17.3 Å². The molecule has 2 N–H and O–H groups in total. The van der Waals surface area contributed by atoms with Crippen LogP contribution < -0.4 is 5.32 Å². The highest BCUT2D eigenvalue weighted by Crippen LogP contribution is 2.29. The molecule has 0 spiro atoms. The molecule has 0 fully saturated rings. The lowest BCUT2D eigenvalue weighted by molar-refractivity contribution is -0.384. The van der Waals surface area contributed by atoms with Crippen LogP contribution in [0.2, 0.25) is 0 Å². The van der Waals surface area contributed by atoms with Crippen LogP contribution in [0.5, 0.6) is 0 Å². The number of nitro groups is 1. The molecule has 3 aromatic rings. The maximum Gasteiger partial charge on any atom is 0.364 e. The molecule has 0 saturated carbocycles. The number of benzene rings is 1. The number of esters is 1. The summed E-state index contributed by atoms with van der Waals surface area (Å²) in [6.07, 6.45) is 3.30. The average Bonchev–Trinajstić information content (AvgIpc) is 3.11. The van der Waals surface area contributed by atoms with Crippen molar-refractivity contribution in [1.29, 1.82) is 0 Å². The summed E-state index contributed by atoms with van der Waals surface area (Å²) in [4.78, 5) is 31.5. The van der Waals surface area contributed by atoms with Crippen LogP contribution in [0.1, 0.15) is 34.5 Å². The van der Waals surface area contributed by atoms with Gasteiger partial charge in [-0.2, -0.15) is 5.10 Å². The summed E-state index contributed by atoms with van der Waals surface area (Å²) in [7, 11) is 0. The zero-order chi connectivity index (χ0) is 20.8. The number of rotatable bonds is 7. The summed E-state index contributed by atoms with van der Waals surface area (Å²) in [5.74, 6) is -0.553. The lowest BCUT2D eigenvalue weighted by atomic mass is 10.2. The molecular weight excluding hydrogens is 376 g/mol. The second-order valence-electron chi connectivity index (χ2n) is 5.90. The van der Waals surface area contributed by atoms with Gasteiger partial charge in [0.15, 0.2) is 5.82 Å². The molecule has 0 radical (unpaired) electrons. The molecule has 29 heavy (non-hydrogen) atoms. The number of aromatic amines is 1. The van der Waals surface area contributed by atoms with Crippen molar-refractivity contribution < 1.29 is 14.5 Å². The van der Waals surface area contributed by atoms with Gasteiger partial charge in [0.1, 0.15) is 5.82 Å². The van der Waals surface area contributed by atoms with E-state index in [4.69, 9.17) is 4.74 Å². The number of ether oxygens (including phenoxy) is 1. The molecule has 0 saturated heterocycles. The zero-order valence-corrected chi connectivity index (χ0v) is 15.7. The van der Waals surface area contributed by atoms with Crippen molar-refractivity contribution in [2.24, 2.45) is 0 Å². The minimum Gasteiger partial charge on any atom is -0.461 e. The van der Waals surface area contributed by atoms with E-state index < -0.39 is 22.3 Å². The number of nitrogens with zero attached hydrogens (tertiary/aromatic N) is 4. The zero-order valence-electron chi connectivity index (χ0n) is 15.7. The van der Waals surface area contributed by atoms with Gasteiger partial charge in [-0.05, 0) is 25.5 Å². The highest BCUT2D eigenvalue weighted by molar-refractivity contribution is 5.94.